The summed E-state index contributed by atoms with van der Waals surface area (Å²) in [6.07, 6.45) is 2.62. The van der Waals surface area contributed by atoms with E-state index >= 15 is 0 Å². The Morgan fingerprint density at radius 1 is 1.40 bits per heavy atom. The van der Waals surface area contributed by atoms with Gasteiger partial charge in [-0.3, -0.25) is 0 Å². The van der Waals surface area contributed by atoms with Crippen LogP contribution in [0.3, 0.4) is 0 Å². The van der Waals surface area contributed by atoms with Gasteiger partial charge in [-0.15, -0.1) is 11.3 Å². The van der Waals surface area contributed by atoms with Crippen molar-refractivity contribution < 1.29 is 0 Å². The van der Waals surface area contributed by atoms with Crippen LogP contribution in [0.4, 0.5) is 5.13 Å². The molecule has 5 heteroatoms. The highest BCUT2D eigenvalue weighted by Crippen LogP contribution is 2.24. The fourth-order valence-electron chi connectivity index (χ4n) is 2.04. The molecule has 0 atom stereocenters. The van der Waals surface area contributed by atoms with Gasteiger partial charge >= 0.3 is 0 Å². The van der Waals surface area contributed by atoms with Crippen LogP contribution in [-0.2, 0) is 13.1 Å². The summed E-state index contributed by atoms with van der Waals surface area (Å²) < 4.78 is 0. The third-order valence-electron chi connectivity index (χ3n) is 3.38. The average molecular weight is 308 g/mol. The smallest absolute Gasteiger partial charge is 0.185 e. The lowest BCUT2D eigenvalue weighted by molar-refractivity contribution is 0.676. The maximum atomic E-state index is 6.20. The number of anilines is 1. The number of rotatable bonds is 6. The summed E-state index contributed by atoms with van der Waals surface area (Å²) in [5.74, 6) is 0. The number of hydrogen-bond donors (Lipinski definition) is 1. The largest absolute Gasteiger partial charge is 0.347 e. The zero-order valence-corrected chi connectivity index (χ0v) is 13.0. The maximum absolute atomic E-state index is 6.20. The van der Waals surface area contributed by atoms with Crippen molar-refractivity contribution in [2.24, 2.45) is 0 Å². The van der Waals surface area contributed by atoms with Crippen LogP contribution in [0.15, 0.2) is 29.6 Å². The molecule has 3 nitrogen and oxygen atoms in total. The van der Waals surface area contributed by atoms with Crippen LogP contribution in [0, 0.1) is 0 Å². The second-order valence-electron chi connectivity index (χ2n) is 5.22. The Kier molecular flexibility index (Phi) is 4.24. The van der Waals surface area contributed by atoms with Crippen LogP contribution in [0.2, 0.25) is 5.02 Å². The second kappa shape index (κ2) is 6.12. The van der Waals surface area contributed by atoms with Crippen molar-refractivity contribution in [2.75, 3.05) is 11.9 Å². The average Bonchev–Trinajstić information content (AvgIpc) is 3.15. The molecule has 1 fully saturated rings. The van der Waals surface area contributed by atoms with Gasteiger partial charge in [0.1, 0.15) is 0 Å². The Morgan fingerprint density at radius 3 is 2.95 bits per heavy atom. The van der Waals surface area contributed by atoms with Gasteiger partial charge in [-0.05, 0) is 24.5 Å². The summed E-state index contributed by atoms with van der Waals surface area (Å²) in [6.45, 7) is 1.66. The highest BCUT2D eigenvalue weighted by Gasteiger charge is 2.20. The van der Waals surface area contributed by atoms with Crippen LogP contribution < -0.4 is 10.2 Å². The monoisotopic (exact) mass is 307 g/mol. The lowest BCUT2D eigenvalue weighted by Crippen LogP contribution is -2.18. The minimum absolute atomic E-state index is 0.723. The predicted molar refractivity (Wildman–Crippen MR) is 85.5 cm³/mol. The number of aromatic nitrogens is 1. The predicted octanol–water partition coefficient (Wildman–Crippen LogP) is 3.68. The Hall–Kier alpha value is -1.10. The first kappa shape index (κ1) is 13.9. The summed E-state index contributed by atoms with van der Waals surface area (Å²) in [4.78, 5) is 6.82. The molecule has 0 bridgehead atoms. The fraction of sp³-hybridized carbons (Fsp3) is 0.400. The molecular weight excluding hydrogens is 290 g/mol. The van der Waals surface area contributed by atoms with E-state index in [0.29, 0.717) is 0 Å². The van der Waals surface area contributed by atoms with E-state index in [-0.39, 0.29) is 0 Å². The van der Waals surface area contributed by atoms with Crippen LogP contribution in [-0.4, -0.2) is 18.1 Å². The van der Waals surface area contributed by atoms with Crippen molar-refractivity contribution in [3.63, 3.8) is 0 Å². The Balaban J connectivity index is 1.61. The zero-order chi connectivity index (χ0) is 13.9. The molecule has 1 heterocycles. The fourth-order valence-corrected chi connectivity index (χ4v) is 3.03. The molecule has 0 unspecified atom stereocenters. The van der Waals surface area contributed by atoms with Crippen molar-refractivity contribution in [3.8, 4) is 0 Å². The Bertz CT molecular complexity index is 580. The lowest BCUT2D eigenvalue weighted by Gasteiger charge is -2.16. The Labute approximate surface area is 128 Å². The van der Waals surface area contributed by atoms with Gasteiger partial charge < -0.3 is 10.2 Å². The number of nitrogens with one attached hydrogen (secondary N) is 1. The van der Waals surface area contributed by atoms with Gasteiger partial charge in [-0.1, -0.05) is 29.8 Å². The number of hydrogen-bond acceptors (Lipinski definition) is 4. The van der Waals surface area contributed by atoms with Crippen LogP contribution in [0.25, 0.3) is 0 Å². The first-order chi connectivity index (χ1) is 9.72. The molecule has 0 radical (unpaired) electrons. The number of thiazole rings is 1. The highest BCUT2D eigenvalue weighted by atomic mass is 35.5. The normalized spacial score (nSPS) is 14.5. The van der Waals surface area contributed by atoms with Crippen LogP contribution >= 0.6 is 22.9 Å². The molecule has 3 rings (SSSR count). The van der Waals surface area contributed by atoms with E-state index in [9.17, 15) is 0 Å². The van der Waals surface area contributed by atoms with E-state index in [1.165, 1.54) is 12.8 Å². The van der Waals surface area contributed by atoms with Crippen molar-refractivity contribution in [1.82, 2.24) is 10.3 Å². The summed E-state index contributed by atoms with van der Waals surface area (Å²) >= 11 is 7.89. The molecule has 1 N–H and O–H groups in total. The minimum Gasteiger partial charge on any atom is -0.347 e. The van der Waals surface area contributed by atoms with Crippen molar-refractivity contribution >= 4 is 28.1 Å². The number of nitrogens with zero attached hydrogens (tertiary/aromatic N) is 2. The topological polar surface area (TPSA) is 28.2 Å². The molecule has 1 aromatic heterocycles. The molecule has 1 aliphatic carbocycles. The summed E-state index contributed by atoms with van der Waals surface area (Å²) in [7, 11) is 2.06. The molecular formula is C15H18ClN3S. The van der Waals surface area contributed by atoms with Crippen LogP contribution in [0.1, 0.15) is 24.1 Å². The van der Waals surface area contributed by atoms with Gasteiger partial charge in [-0.25, -0.2) is 4.98 Å². The first-order valence-corrected chi connectivity index (χ1v) is 8.10. The van der Waals surface area contributed by atoms with E-state index < -0.39 is 0 Å². The van der Waals surface area contributed by atoms with E-state index in [4.69, 9.17) is 11.6 Å². The highest BCUT2D eigenvalue weighted by molar-refractivity contribution is 7.13. The molecule has 20 heavy (non-hydrogen) atoms. The van der Waals surface area contributed by atoms with Gasteiger partial charge in [0, 0.05) is 36.6 Å². The molecule has 2 aromatic rings. The van der Waals surface area contributed by atoms with E-state index in [1.54, 1.807) is 11.3 Å². The third kappa shape index (κ3) is 3.51. The van der Waals surface area contributed by atoms with E-state index in [1.807, 2.05) is 18.2 Å². The maximum Gasteiger partial charge on any atom is 0.185 e. The van der Waals surface area contributed by atoms with E-state index in [2.05, 4.69) is 33.7 Å². The summed E-state index contributed by atoms with van der Waals surface area (Å²) in [6, 6.07) is 8.68. The van der Waals surface area contributed by atoms with Crippen LogP contribution in [0.5, 0.6) is 0 Å². The van der Waals surface area contributed by atoms with Crippen molar-refractivity contribution in [1.29, 1.82) is 0 Å². The van der Waals surface area contributed by atoms with Gasteiger partial charge in [0.2, 0.25) is 0 Å². The standard InChI is InChI=1S/C15H18ClN3S/c1-19(9-11-4-2-3-5-14(11)16)15-18-13(10-20-15)8-17-12-6-7-12/h2-5,10,12,17H,6-9H2,1H3. The zero-order valence-electron chi connectivity index (χ0n) is 11.5. The lowest BCUT2D eigenvalue weighted by atomic mass is 10.2. The van der Waals surface area contributed by atoms with Gasteiger partial charge in [0.15, 0.2) is 5.13 Å². The van der Waals surface area contributed by atoms with Crippen molar-refractivity contribution in [3.05, 3.63) is 45.9 Å². The first-order valence-electron chi connectivity index (χ1n) is 6.84. The molecule has 0 spiro atoms. The SMILES string of the molecule is CN(Cc1ccccc1Cl)c1nc(CNC2CC2)cs1. The summed E-state index contributed by atoms with van der Waals surface area (Å²) in [5, 5.41) is 7.47. The molecule has 106 valence electrons. The van der Waals surface area contributed by atoms with Gasteiger partial charge in [-0.2, -0.15) is 0 Å². The molecule has 1 saturated carbocycles. The molecule has 0 aliphatic heterocycles. The Morgan fingerprint density at radius 2 is 2.20 bits per heavy atom. The number of benzene rings is 1. The molecule has 0 saturated heterocycles. The second-order valence-corrected chi connectivity index (χ2v) is 6.47. The van der Waals surface area contributed by atoms with Crippen molar-refractivity contribution in [2.45, 2.75) is 32.0 Å². The number of halogens is 1. The molecule has 1 aromatic carbocycles. The minimum atomic E-state index is 0.723. The molecule has 1 aliphatic rings. The van der Waals surface area contributed by atoms with Gasteiger partial charge in [0.05, 0.1) is 5.69 Å². The molecule has 0 amide bonds. The van der Waals surface area contributed by atoms with E-state index in [0.717, 1.165) is 40.5 Å². The summed E-state index contributed by atoms with van der Waals surface area (Å²) in [5.41, 5.74) is 2.26. The van der Waals surface area contributed by atoms with Gasteiger partial charge in [0.25, 0.3) is 0 Å². The quantitative estimate of drug-likeness (QED) is 0.882. The third-order valence-corrected chi connectivity index (χ3v) is 4.75.